The van der Waals surface area contributed by atoms with Crippen LogP contribution >= 0.6 is 0 Å². The molecule has 0 spiro atoms. The number of benzene rings is 3. The molecule has 12 heteroatoms. The van der Waals surface area contributed by atoms with Crippen LogP contribution in [0.15, 0.2) is 72.7 Å². The number of aliphatic carboxylic acids is 1. The summed E-state index contributed by atoms with van der Waals surface area (Å²) in [6, 6.07) is 5.97. The van der Waals surface area contributed by atoms with Gasteiger partial charge >= 0.3 is 5.97 Å². The number of carboxylic acid groups (broad SMARTS) is 1. The molecule has 0 unspecified atom stereocenters. The Morgan fingerprint density at radius 1 is 0.905 bits per heavy atom. The van der Waals surface area contributed by atoms with Crippen molar-refractivity contribution in [1.29, 1.82) is 0 Å². The fraction of sp³-hybridized carbons (Fsp3) is 0.300. The molecule has 2 fully saturated rings. The Balaban J connectivity index is 1.43. The number of ketones is 1. The van der Waals surface area contributed by atoms with Gasteiger partial charge < -0.3 is 34.8 Å². The highest BCUT2D eigenvalue weighted by atomic mass is 19.1. The standard InChI is InChI=1S/C30H27F2NO9/c31-17-5-1-15(2-6-17)22(34)14-13-21-23(33(28(21)38)19-9-7-18(32)8-10-19)16-3-11-20(12-4-16)41-30-26(37)24(35)25(36)27(42-30)29(39)40/h1-12,21,23-27,30,35-37H,13-14H2,(H,39,40)/t21-,23-,24-,25-,26+,27-,30+/m1/s1/i7D,8D,9D,10D. The SMILES string of the molecule is [2H]c1c([2H])c(N2C(=O)[C@H](CCC(=O)c3ccc(F)cc3)[C@H]2c2ccc(O[C@H]3O[C@@H](C(=O)O)[C@H](O)[C@@H](O)[C@@H]3O)cc2)c([2H])c([2H])c1F. The molecule has 2 saturated heterocycles. The summed E-state index contributed by atoms with van der Waals surface area (Å²) >= 11 is 0. The minimum absolute atomic E-state index is 0.00629. The van der Waals surface area contributed by atoms with Gasteiger partial charge in [0.05, 0.1) is 17.4 Å². The van der Waals surface area contributed by atoms with Crippen LogP contribution in [0.1, 0.15) is 40.3 Å². The number of halogens is 2. The molecular formula is C30H27F2NO9. The number of carbonyl (C=O) groups excluding carboxylic acids is 2. The molecule has 2 aliphatic rings. The van der Waals surface area contributed by atoms with Gasteiger partial charge in [0.15, 0.2) is 11.9 Å². The van der Waals surface area contributed by atoms with E-state index in [1.54, 1.807) is 0 Å². The third-order valence-corrected chi connectivity index (χ3v) is 7.17. The molecule has 7 atom stereocenters. The topological polar surface area (TPSA) is 154 Å². The van der Waals surface area contributed by atoms with Crippen molar-refractivity contribution in [3.63, 3.8) is 0 Å². The molecule has 0 aromatic heterocycles. The average molecular weight is 588 g/mol. The second-order valence-corrected chi connectivity index (χ2v) is 9.81. The van der Waals surface area contributed by atoms with Gasteiger partial charge in [0.25, 0.3) is 0 Å². The zero-order valence-electron chi connectivity index (χ0n) is 25.6. The lowest BCUT2D eigenvalue weighted by Crippen LogP contribution is -2.61. The van der Waals surface area contributed by atoms with E-state index in [0.29, 0.717) is 5.56 Å². The van der Waals surface area contributed by atoms with Crippen LogP contribution < -0.4 is 9.64 Å². The maximum atomic E-state index is 14.3. The second-order valence-electron chi connectivity index (χ2n) is 9.81. The molecule has 0 aliphatic carbocycles. The normalized spacial score (nSPS) is 28.6. The number of ether oxygens (including phenoxy) is 2. The minimum Gasteiger partial charge on any atom is -0.479 e. The summed E-state index contributed by atoms with van der Waals surface area (Å²) in [5.41, 5.74) is 0.131. The van der Waals surface area contributed by atoms with Gasteiger partial charge in [-0.1, -0.05) is 12.1 Å². The van der Waals surface area contributed by atoms with Crippen molar-refractivity contribution >= 4 is 23.3 Å². The molecule has 3 aromatic rings. The van der Waals surface area contributed by atoms with E-state index in [-0.39, 0.29) is 29.9 Å². The fourth-order valence-corrected chi connectivity index (χ4v) is 4.97. The molecule has 4 N–H and O–H groups in total. The number of nitrogens with zero attached hydrogens (tertiary/aromatic N) is 1. The molecule has 10 nitrogen and oxygen atoms in total. The van der Waals surface area contributed by atoms with Crippen molar-refractivity contribution in [1.82, 2.24) is 0 Å². The first kappa shape index (κ1) is 24.4. The van der Waals surface area contributed by atoms with Gasteiger partial charge in [-0.3, -0.25) is 9.59 Å². The molecule has 3 aromatic carbocycles. The Hall–Kier alpha value is -4.23. The Morgan fingerprint density at radius 2 is 1.55 bits per heavy atom. The van der Waals surface area contributed by atoms with E-state index in [1.165, 1.54) is 36.4 Å². The van der Waals surface area contributed by atoms with Crippen LogP contribution in [0.4, 0.5) is 14.5 Å². The maximum Gasteiger partial charge on any atom is 0.335 e. The average Bonchev–Trinajstić information content (AvgIpc) is 3.04. The highest BCUT2D eigenvalue weighted by Crippen LogP contribution is 2.46. The van der Waals surface area contributed by atoms with Gasteiger partial charge in [0, 0.05) is 17.7 Å². The number of carboxylic acids is 1. The molecule has 5 rings (SSSR count). The zero-order valence-corrected chi connectivity index (χ0v) is 21.6. The Morgan fingerprint density at radius 3 is 2.17 bits per heavy atom. The highest BCUT2D eigenvalue weighted by Gasteiger charge is 2.49. The summed E-state index contributed by atoms with van der Waals surface area (Å²) in [4.78, 5) is 38.7. The quantitative estimate of drug-likeness (QED) is 0.219. The Bertz CT molecular complexity index is 1650. The Kier molecular flexibility index (Phi) is 6.93. The lowest BCUT2D eigenvalue weighted by molar-refractivity contribution is -0.271. The molecule has 1 amide bonds. The molecule has 0 saturated carbocycles. The van der Waals surface area contributed by atoms with Crippen LogP contribution in [0.2, 0.25) is 0 Å². The molecule has 2 heterocycles. The number of Topliss-reactive ketones (excluding diaryl/α,β-unsaturated/α-hetero) is 1. The first-order valence-corrected chi connectivity index (χ1v) is 12.8. The molecule has 2 aliphatic heterocycles. The first-order valence-electron chi connectivity index (χ1n) is 14.8. The number of β-lactam (4-membered cyclic amide) rings is 1. The number of hydrogen-bond acceptors (Lipinski definition) is 8. The lowest BCUT2D eigenvalue weighted by atomic mass is 9.78. The number of rotatable bonds is 9. The minimum atomic E-state index is -1.92. The van der Waals surface area contributed by atoms with Gasteiger partial charge in [-0.15, -0.1) is 0 Å². The predicted molar refractivity (Wildman–Crippen MR) is 141 cm³/mol. The largest absolute Gasteiger partial charge is 0.479 e. The van der Waals surface area contributed by atoms with Gasteiger partial charge in [0.1, 0.15) is 35.7 Å². The molecule has 42 heavy (non-hydrogen) atoms. The summed E-state index contributed by atoms with van der Waals surface area (Å²) < 4.78 is 70.6. The number of hydrogen-bond donors (Lipinski definition) is 4. The van der Waals surface area contributed by atoms with Gasteiger partial charge in [-0.25, -0.2) is 13.6 Å². The number of aliphatic hydroxyl groups is 3. The third-order valence-electron chi connectivity index (χ3n) is 7.17. The summed E-state index contributed by atoms with van der Waals surface area (Å²) in [6.45, 7) is 0. The van der Waals surface area contributed by atoms with E-state index in [0.717, 1.165) is 17.0 Å². The smallest absolute Gasteiger partial charge is 0.335 e. The van der Waals surface area contributed by atoms with Crippen LogP contribution in [0.3, 0.4) is 0 Å². The van der Waals surface area contributed by atoms with Crippen molar-refractivity contribution in [2.45, 2.75) is 49.6 Å². The van der Waals surface area contributed by atoms with E-state index in [9.17, 15) is 43.6 Å². The van der Waals surface area contributed by atoms with E-state index in [2.05, 4.69) is 0 Å². The number of amides is 1. The molecule has 220 valence electrons. The molecular weight excluding hydrogens is 556 g/mol. The van der Waals surface area contributed by atoms with Crippen molar-refractivity contribution < 1.29 is 58.5 Å². The van der Waals surface area contributed by atoms with Crippen LogP contribution in [0.25, 0.3) is 0 Å². The summed E-state index contributed by atoms with van der Waals surface area (Å²) in [5, 5.41) is 39.5. The van der Waals surface area contributed by atoms with E-state index < -0.39 is 96.0 Å². The summed E-state index contributed by atoms with van der Waals surface area (Å²) in [5.74, 6) is -5.44. The second kappa shape index (κ2) is 11.9. The monoisotopic (exact) mass is 587 g/mol. The molecule has 0 bridgehead atoms. The van der Waals surface area contributed by atoms with E-state index in [4.69, 9.17) is 15.0 Å². The third kappa shape index (κ3) is 5.74. The van der Waals surface area contributed by atoms with Crippen LogP contribution in [-0.4, -0.2) is 68.8 Å². The van der Waals surface area contributed by atoms with Crippen LogP contribution in [-0.2, 0) is 14.3 Å². The zero-order chi connectivity index (χ0) is 33.6. The van der Waals surface area contributed by atoms with Crippen molar-refractivity contribution in [2.24, 2.45) is 5.92 Å². The van der Waals surface area contributed by atoms with Gasteiger partial charge in [0.2, 0.25) is 12.2 Å². The summed E-state index contributed by atoms with van der Waals surface area (Å²) in [6.07, 6.45) is -9.39. The van der Waals surface area contributed by atoms with Crippen molar-refractivity contribution in [3.05, 3.63) is 95.5 Å². The number of anilines is 1. The predicted octanol–water partition coefficient (Wildman–Crippen LogP) is 2.60. The fourth-order valence-electron chi connectivity index (χ4n) is 4.97. The van der Waals surface area contributed by atoms with Crippen molar-refractivity contribution in [3.8, 4) is 5.75 Å². The number of carbonyl (C=O) groups is 3. The van der Waals surface area contributed by atoms with Crippen LogP contribution in [0.5, 0.6) is 5.75 Å². The number of aliphatic hydroxyl groups excluding tert-OH is 3. The van der Waals surface area contributed by atoms with Gasteiger partial charge in [-0.05, 0) is 72.6 Å². The maximum absolute atomic E-state index is 14.3. The first-order chi connectivity index (χ1) is 21.7. The van der Waals surface area contributed by atoms with Crippen molar-refractivity contribution in [2.75, 3.05) is 4.90 Å². The van der Waals surface area contributed by atoms with E-state index in [1.807, 2.05) is 0 Å². The van der Waals surface area contributed by atoms with Crippen LogP contribution in [0, 0.1) is 17.6 Å². The summed E-state index contributed by atoms with van der Waals surface area (Å²) in [7, 11) is 0. The highest BCUT2D eigenvalue weighted by molar-refractivity contribution is 6.04. The lowest BCUT2D eigenvalue weighted by Gasteiger charge is -2.47. The Labute approximate surface area is 244 Å². The molecule has 0 radical (unpaired) electrons. The van der Waals surface area contributed by atoms with Gasteiger partial charge in [-0.2, -0.15) is 0 Å². The van der Waals surface area contributed by atoms with E-state index >= 15 is 0 Å².